The number of carbonyl (C=O) groups is 2. The monoisotopic (exact) mass is 383 g/mol. The molecule has 0 aliphatic rings. The summed E-state index contributed by atoms with van der Waals surface area (Å²) in [6.45, 7) is 1.62. The molecule has 0 heterocycles. The highest BCUT2D eigenvalue weighted by molar-refractivity contribution is 6.03. The number of rotatable bonds is 6. The Balaban J connectivity index is 1.92. The molecule has 0 spiro atoms. The summed E-state index contributed by atoms with van der Waals surface area (Å²) in [5, 5.41) is 9.38. The largest absolute Gasteiger partial charge is 0.306 e. The van der Waals surface area contributed by atoms with Crippen molar-refractivity contribution >= 4 is 23.2 Å². The lowest BCUT2D eigenvalue weighted by Crippen LogP contribution is -2.42. The van der Waals surface area contributed by atoms with E-state index < -0.39 is 0 Å². The van der Waals surface area contributed by atoms with E-state index in [1.807, 2.05) is 60.7 Å². The van der Waals surface area contributed by atoms with Gasteiger partial charge in [-0.1, -0.05) is 60.7 Å². The van der Waals surface area contributed by atoms with Crippen molar-refractivity contribution in [2.75, 3.05) is 16.3 Å². The quantitative estimate of drug-likeness (QED) is 0.642. The van der Waals surface area contributed by atoms with Crippen LogP contribution in [0.2, 0.25) is 0 Å². The van der Waals surface area contributed by atoms with E-state index in [0.717, 1.165) is 11.3 Å². The van der Waals surface area contributed by atoms with E-state index >= 15 is 0 Å². The van der Waals surface area contributed by atoms with Crippen molar-refractivity contribution in [3.05, 3.63) is 96.1 Å². The molecule has 0 aliphatic carbocycles. The first kappa shape index (κ1) is 19.8. The van der Waals surface area contributed by atoms with Gasteiger partial charge in [0.05, 0.1) is 17.8 Å². The third-order valence-corrected chi connectivity index (χ3v) is 4.54. The summed E-state index contributed by atoms with van der Waals surface area (Å²) in [6.07, 6.45) is 0. The van der Waals surface area contributed by atoms with Gasteiger partial charge in [-0.2, -0.15) is 5.26 Å². The molecule has 0 unspecified atom stereocenters. The average molecular weight is 383 g/mol. The van der Waals surface area contributed by atoms with Crippen LogP contribution in [0.1, 0.15) is 18.1 Å². The standard InChI is InChI=1S/C24H21N3O2/c1-19(28)26(23-15-9-8-12-21(23)16-25)18-24(29)27(22-13-6-3-7-14-22)17-20-10-4-2-5-11-20/h2-15H,17-18H2,1H3. The van der Waals surface area contributed by atoms with Gasteiger partial charge in [0.15, 0.2) is 0 Å². The van der Waals surface area contributed by atoms with Gasteiger partial charge in [-0.15, -0.1) is 0 Å². The molecule has 0 fully saturated rings. The van der Waals surface area contributed by atoms with Crippen LogP contribution in [-0.2, 0) is 16.1 Å². The molecular formula is C24H21N3O2. The average Bonchev–Trinajstić information content (AvgIpc) is 2.76. The predicted octanol–water partition coefficient (Wildman–Crippen LogP) is 4.14. The minimum Gasteiger partial charge on any atom is -0.306 e. The fourth-order valence-corrected chi connectivity index (χ4v) is 3.09. The summed E-state index contributed by atoms with van der Waals surface area (Å²) in [5.74, 6) is -0.531. The van der Waals surface area contributed by atoms with Gasteiger partial charge in [-0.3, -0.25) is 9.59 Å². The fourth-order valence-electron chi connectivity index (χ4n) is 3.09. The topological polar surface area (TPSA) is 64.4 Å². The van der Waals surface area contributed by atoms with Crippen molar-refractivity contribution in [3.8, 4) is 6.07 Å². The van der Waals surface area contributed by atoms with Crippen LogP contribution in [-0.4, -0.2) is 18.4 Å². The number of anilines is 2. The van der Waals surface area contributed by atoms with E-state index in [2.05, 4.69) is 6.07 Å². The van der Waals surface area contributed by atoms with Gasteiger partial charge in [-0.25, -0.2) is 0 Å². The van der Waals surface area contributed by atoms with Gasteiger partial charge in [0.25, 0.3) is 0 Å². The highest BCUT2D eigenvalue weighted by atomic mass is 16.2. The maximum absolute atomic E-state index is 13.3. The maximum Gasteiger partial charge on any atom is 0.247 e. The lowest BCUT2D eigenvalue weighted by Gasteiger charge is -2.28. The first-order valence-corrected chi connectivity index (χ1v) is 9.26. The van der Waals surface area contributed by atoms with Crippen LogP contribution < -0.4 is 9.80 Å². The lowest BCUT2D eigenvalue weighted by molar-refractivity contribution is -0.121. The number of hydrogen-bond acceptors (Lipinski definition) is 3. The summed E-state index contributed by atoms with van der Waals surface area (Å²) >= 11 is 0. The third-order valence-electron chi connectivity index (χ3n) is 4.54. The first-order valence-electron chi connectivity index (χ1n) is 9.26. The molecular weight excluding hydrogens is 362 g/mol. The second-order valence-corrected chi connectivity index (χ2v) is 6.54. The molecule has 0 N–H and O–H groups in total. The van der Waals surface area contributed by atoms with E-state index in [4.69, 9.17) is 0 Å². The number of para-hydroxylation sites is 2. The van der Waals surface area contributed by atoms with Crippen molar-refractivity contribution in [2.45, 2.75) is 13.5 Å². The van der Waals surface area contributed by atoms with Gasteiger partial charge >= 0.3 is 0 Å². The highest BCUT2D eigenvalue weighted by Gasteiger charge is 2.23. The minimum atomic E-state index is -0.297. The van der Waals surface area contributed by atoms with Gasteiger partial charge in [-0.05, 0) is 29.8 Å². The highest BCUT2D eigenvalue weighted by Crippen LogP contribution is 2.22. The van der Waals surface area contributed by atoms with Crippen LogP contribution >= 0.6 is 0 Å². The van der Waals surface area contributed by atoms with E-state index in [1.165, 1.54) is 11.8 Å². The summed E-state index contributed by atoms with van der Waals surface area (Å²) in [5.41, 5.74) is 2.52. The Morgan fingerprint density at radius 2 is 1.41 bits per heavy atom. The predicted molar refractivity (Wildman–Crippen MR) is 113 cm³/mol. The molecule has 29 heavy (non-hydrogen) atoms. The Bertz CT molecular complexity index is 1030. The smallest absolute Gasteiger partial charge is 0.247 e. The molecule has 3 aromatic carbocycles. The summed E-state index contributed by atoms with van der Waals surface area (Å²) in [6, 6.07) is 27.9. The van der Waals surface area contributed by atoms with Crippen LogP contribution in [0.3, 0.4) is 0 Å². The molecule has 0 aliphatic heterocycles. The van der Waals surface area contributed by atoms with Crippen LogP contribution in [0.5, 0.6) is 0 Å². The molecule has 3 rings (SSSR count). The zero-order valence-corrected chi connectivity index (χ0v) is 16.2. The summed E-state index contributed by atoms with van der Waals surface area (Å²) in [4.78, 5) is 28.6. The van der Waals surface area contributed by atoms with Crippen molar-refractivity contribution in [1.29, 1.82) is 5.26 Å². The molecule has 3 aromatic rings. The lowest BCUT2D eigenvalue weighted by atomic mass is 10.1. The normalized spacial score (nSPS) is 10.1. The minimum absolute atomic E-state index is 0.157. The van der Waals surface area contributed by atoms with E-state index in [1.54, 1.807) is 29.2 Å². The molecule has 2 amide bonds. The van der Waals surface area contributed by atoms with Crippen molar-refractivity contribution in [1.82, 2.24) is 0 Å². The number of nitriles is 1. The van der Waals surface area contributed by atoms with E-state index in [-0.39, 0.29) is 18.4 Å². The summed E-state index contributed by atoms with van der Waals surface area (Å²) < 4.78 is 0. The molecule has 0 aromatic heterocycles. The van der Waals surface area contributed by atoms with Gasteiger partial charge in [0, 0.05) is 12.6 Å². The Morgan fingerprint density at radius 1 is 0.828 bits per heavy atom. The molecule has 0 radical (unpaired) electrons. The van der Waals surface area contributed by atoms with Crippen LogP contribution in [0.25, 0.3) is 0 Å². The zero-order chi connectivity index (χ0) is 20.6. The Kier molecular flexibility index (Phi) is 6.39. The van der Waals surface area contributed by atoms with Gasteiger partial charge < -0.3 is 9.80 Å². The zero-order valence-electron chi connectivity index (χ0n) is 16.2. The van der Waals surface area contributed by atoms with E-state index in [9.17, 15) is 14.9 Å². The molecule has 0 saturated carbocycles. The van der Waals surface area contributed by atoms with Crippen LogP contribution in [0.4, 0.5) is 11.4 Å². The van der Waals surface area contributed by atoms with E-state index in [0.29, 0.717) is 17.8 Å². The second kappa shape index (κ2) is 9.34. The van der Waals surface area contributed by atoms with Gasteiger partial charge in [0.2, 0.25) is 11.8 Å². The number of benzene rings is 3. The molecule has 0 atom stereocenters. The Morgan fingerprint density at radius 3 is 2.03 bits per heavy atom. The molecule has 5 nitrogen and oxygen atoms in total. The number of carbonyl (C=O) groups excluding carboxylic acids is 2. The molecule has 0 bridgehead atoms. The molecule has 5 heteroatoms. The fraction of sp³-hybridized carbons (Fsp3) is 0.125. The third kappa shape index (κ3) is 4.88. The number of amides is 2. The Labute approximate surface area is 170 Å². The SMILES string of the molecule is CC(=O)N(CC(=O)N(Cc1ccccc1)c1ccccc1)c1ccccc1C#N. The van der Waals surface area contributed by atoms with Crippen LogP contribution in [0, 0.1) is 11.3 Å². The second-order valence-electron chi connectivity index (χ2n) is 6.54. The van der Waals surface area contributed by atoms with Crippen molar-refractivity contribution in [2.24, 2.45) is 0 Å². The Hall–Kier alpha value is -3.91. The maximum atomic E-state index is 13.3. The summed E-state index contributed by atoms with van der Waals surface area (Å²) in [7, 11) is 0. The van der Waals surface area contributed by atoms with Crippen molar-refractivity contribution < 1.29 is 9.59 Å². The first-order chi connectivity index (χ1) is 14.1. The number of hydrogen-bond donors (Lipinski definition) is 0. The molecule has 144 valence electrons. The number of nitrogens with zero attached hydrogens (tertiary/aromatic N) is 3. The van der Waals surface area contributed by atoms with Crippen molar-refractivity contribution in [3.63, 3.8) is 0 Å². The van der Waals surface area contributed by atoms with Crippen LogP contribution in [0.15, 0.2) is 84.9 Å². The van der Waals surface area contributed by atoms with Gasteiger partial charge in [0.1, 0.15) is 12.6 Å². The molecule has 0 saturated heterocycles.